The van der Waals surface area contributed by atoms with Crippen LogP contribution >= 0.6 is 0 Å². The number of benzene rings is 1. The minimum absolute atomic E-state index is 0.335. The third-order valence-corrected chi connectivity index (χ3v) is 4.19. The Hall–Kier alpha value is -1.04. The van der Waals surface area contributed by atoms with Gasteiger partial charge in [-0.25, -0.2) is 0 Å². The molecule has 0 aliphatic carbocycles. The first-order valence-corrected chi connectivity index (χ1v) is 7.97. The average Bonchev–Trinajstić information content (AvgIpc) is 2.25. The standard InChI is InChI=1S/C14H19Si/c1-4-14(15(2)3)12-8-11-13-9-6-5-7-10-13/h5-7,9-10H,1,8,11-12H2,2-3H3. The molecule has 1 heteroatoms. The molecular formula is C14H19Si. The highest BCUT2D eigenvalue weighted by atomic mass is 28.3. The molecule has 15 heavy (non-hydrogen) atoms. The third kappa shape index (κ3) is 4.33. The van der Waals surface area contributed by atoms with Gasteiger partial charge in [-0.2, -0.15) is 0 Å². The summed E-state index contributed by atoms with van der Waals surface area (Å²) in [4.78, 5) is 0. The average molecular weight is 215 g/mol. The zero-order chi connectivity index (χ0) is 11.1. The first-order valence-electron chi connectivity index (χ1n) is 5.47. The number of aryl methyl sites for hydroxylation is 1. The van der Waals surface area contributed by atoms with Crippen LogP contribution in [-0.4, -0.2) is 8.80 Å². The number of hydrogen-bond donors (Lipinski definition) is 0. The second-order valence-electron chi connectivity index (χ2n) is 3.99. The fourth-order valence-corrected chi connectivity index (χ4v) is 2.66. The SMILES string of the molecule is C=C=C(CCCc1ccccc1)[Si](C)C. The van der Waals surface area contributed by atoms with Crippen LogP contribution in [0.25, 0.3) is 0 Å². The van der Waals surface area contributed by atoms with Gasteiger partial charge in [0.25, 0.3) is 0 Å². The molecule has 79 valence electrons. The molecule has 0 heterocycles. The highest BCUT2D eigenvalue weighted by Gasteiger charge is 2.03. The largest absolute Gasteiger partial charge is 0.134 e. The van der Waals surface area contributed by atoms with Gasteiger partial charge in [-0.1, -0.05) is 50.0 Å². The zero-order valence-corrected chi connectivity index (χ0v) is 10.7. The molecule has 0 aliphatic heterocycles. The summed E-state index contributed by atoms with van der Waals surface area (Å²) in [6, 6.07) is 10.7. The Morgan fingerprint density at radius 2 is 1.93 bits per heavy atom. The van der Waals surface area contributed by atoms with Crippen molar-refractivity contribution < 1.29 is 0 Å². The van der Waals surface area contributed by atoms with Gasteiger partial charge in [0, 0.05) is 0 Å². The Morgan fingerprint density at radius 3 is 2.47 bits per heavy atom. The molecule has 0 saturated heterocycles. The van der Waals surface area contributed by atoms with Crippen LogP contribution in [0.5, 0.6) is 0 Å². The van der Waals surface area contributed by atoms with Crippen molar-refractivity contribution in [1.82, 2.24) is 0 Å². The number of rotatable bonds is 5. The van der Waals surface area contributed by atoms with E-state index < -0.39 is 0 Å². The summed E-state index contributed by atoms with van der Waals surface area (Å²) in [5.41, 5.74) is 4.53. The van der Waals surface area contributed by atoms with Gasteiger partial charge in [0.2, 0.25) is 0 Å². The Bertz CT molecular complexity index is 332. The van der Waals surface area contributed by atoms with Crippen molar-refractivity contribution in [2.75, 3.05) is 0 Å². The van der Waals surface area contributed by atoms with E-state index in [1.807, 2.05) is 0 Å². The van der Waals surface area contributed by atoms with Crippen molar-refractivity contribution in [3.05, 3.63) is 53.4 Å². The lowest BCUT2D eigenvalue weighted by molar-refractivity contribution is 0.832. The predicted molar refractivity (Wildman–Crippen MR) is 69.5 cm³/mol. The molecule has 0 atom stereocenters. The molecule has 1 rings (SSSR count). The summed E-state index contributed by atoms with van der Waals surface area (Å²) in [5.74, 6) is 0. The van der Waals surface area contributed by atoms with E-state index in [-0.39, 0.29) is 8.80 Å². The quantitative estimate of drug-likeness (QED) is 0.514. The highest BCUT2D eigenvalue weighted by molar-refractivity contribution is 6.63. The lowest BCUT2D eigenvalue weighted by Crippen LogP contribution is -2.05. The van der Waals surface area contributed by atoms with E-state index in [4.69, 9.17) is 0 Å². The first kappa shape index (κ1) is 12.0. The second kappa shape index (κ2) is 6.44. The highest BCUT2D eigenvalue weighted by Crippen LogP contribution is 2.11. The number of hydrogen-bond acceptors (Lipinski definition) is 0. The van der Waals surface area contributed by atoms with Crippen LogP contribution in [0.15, 0.2) is 47.8 Å². The Kier molecular flexibility index (Phi) is 5.17. The fourth-order valence-electron chi connectivity index (χ4n) is 1.63. The molecule has 0 aromatic heterocycles. The molecule has 0 nitrogen and oxygen atoms in total. The van der Waals surface area contributed by atoms with Crippen LogP contribution in [0.1, 0.15) is 18.4 Å². The van der Waals surface area contributed by atoms with E-state index in [2.05, 4.69) is 55.7 Å². The van der Waals surface area contributed by atoms with Crippen LogP contribution in [0.2, 0.25) is 13.1 Å². The fraction of sp³-hybridized carbons (Fsp3) is 0.357. The zero-order valence-electron chi connectivity index (χ0n) is 9.72. The lowest BCUT2D eigenvalue weighted by atomic mass is 10.1. The molecule has 1 aromatic rings. The van der Waals surface area contributed by atoms with Crippen LogP contribution in [-0.2, 0) is 6.42 Å². The molecule has 0 spiro atoms. The van der Waals surface area contributed by atoms with Gasteiger partial charge in [0.05, 0.1) is 8.80 Å². The van der Waals surface area contributed by atoms with Crippen molar-refractivity contribution >= 4 is 8.80 Å². The summed E-state index contributed by atoms with van der Waals surface area (Å²) >= 11 is 0. The van der Waals surface area contributed by atoms with Crippen LogP contribution in [0.4, 0.5) is 0 Å². The Labute approximate surface area is 94.9 Å². The lowest BCUT2D eigenvalue weighted by Gasteiger charge is -2.06. The van der Waals surface area contributed by atoms with E-state index in [9.17, 15) is 0 Å². The third-order valence-electron chi connectivity index (χ3n) is 2.55. The van der Waals surface area contributed by atoms with Crippen LogP contribution in [0, 0.1) is 0 Å². The molecule has 0 bridgehead atoms. The Balaban J connectivity index is 2.37. The maximum atomic E-state index is 3.77. The van der Waals surface area contributed by atoms with Crippen LogP contribution < -0.4 is 0 Å². The van der Waals surface area contributed by atoms with E-state index in [1.165, 1.54) is 30.0 Å². The van der Waals surface area contributed by atoms with Gasteiger partial charge in [0.15, 0.2) is 0 Å². The van der Waals surface area contributed by atoms with Crippen molar-refractivity contribution in [2.45, 2.75) is 32.4 Å². The molecule has 0 amide bonds. The Morgan fingerprint density at radius 1 is 1.27 bits per heavy atom. The summed E-state index contributed by atoms with van der Waals surface area (Å²) in [6.45, 7) is 8.38. The van der Waals surface area contributed by atoms with E-state index in [0.717, 1.165) is 0 Å². The molecular weight excluding hydrogens is 196 g/mol. The second-order valence-corrected chi connectivity index (χ2v) is 6.60. The summed E-state index contributed by atoms with van der Waals surface area (Å²) in [5, 5.41) is 1.45. The summed E-state index contributed by atoms with van der Waals surface area (Å²) in [6.07, 6.45) is 3.55. The molecule has 0 fully saturated rings. The van der Waals surface area contributed by atoms with Crippen molar-refractivity contribution in [1.29, 1.82) is 0 Å². The first-order chi connectivity index (χ1) is 7.24. The molecule has 0 aliphatic rings. The van der Waals surface area contributed by atoms with Gasteiger partial charge in [-0.05, 0) is 30.0 Å². The van der Waals surface area contributed by atoms with E-state index in [1.54, 1.807) is 0 Å². The van der Waals surface area contributed by atoms with Gasteiger partial charge in [-0.15, -0.1) is 5.73 Å². The van der Waals surface area contributed by atoms with Gasteiger partial charge < -0.3 is 0 Å². The molecule has 0 N–H and O–H groups in total. The van der Waals surface area contributed by atoms with E-state index in [0.29, 0.717) is 0 Å². The monoisotopic (exact) mass is 215 g/mol. The van der Waals surface area contributed by atoms with Gasteiger partial charge >= 0.3 is 0 Å². The minimum atomic E-state index is -0.335. The molecule has 0 saturated carbocycles. The molecule has 1 aromatic carbocycles. The predicted octanol–water partition coefficient (Wildman–Crippen LogP) is 4.01. The smallest absolute Gasteiger partial charge is 0.0841 e. The molecule has 1 radical (unpaired) electrons. The summed E-state index contributed by atoms with van der Waals surface area (Å²) < 4.78 is 0. The number of allylic oxidation sites excluding steroid dienone is 1. The maximum absolute atomic E-state index is 3.77. The molecule has 0 unspecified atom stereocenters. The normalized spacial score (nSPS) is 10.1. The van der Waals surface area contributed by atoms with Crippen molar-refractivity contribution in [3.8, 4) is 0 Å². The summed E-state index contributed by atoms with van der Waals surface area (Å²) in [7, 11) is -0.335. The van der Waals surface area contributed by atoms with Crippen LogP contribution in [0.3, 0.4) is 0 Å². The van der Waals surface area contributed by atoms with Crippen molar-refractivity contribution in [3.63, 3.8) is 0 Å². The van der Waals surface area contributed by atoms with Gasteiger partial charge in [0.1, 0.15) is 0 Å². The topological polar surface area (TPSA) is 0 Å². The van der Waals surface area contributed by atoms with Gasteiger partial charge in [-0.3, -0.25) is 0 Å². The van der Waals surface area contributed by atoms with E-state index >= 15 is 0 Å². The van der Waals surface area contributed by atoms with Crippen molar-refractivity contribution in [2.24, 2.45) is 0 Å². The minimum Gasteiger partial charge on any atom is -0.134 e. The maximum Gasteiger partial charge on any atom is 0.0841 e.